The second-order valence-corrected chi connectivity index (χ2v) is 19.1. The number of unbranched alkanes of at least 4 members (excludes halogenated alkanes) is 3. The zero-order valence-electron chi connectivity index (χ0n) is 20.9. The zero-order chi connectivity index (χ0) is 21.5. The Bertz CT molecular complexity index is 287. The third-order valence-electron chi connectivity index (χ3n) is 6.45. The minimum Gasteiger partial charge on any atom is -0.420 e. The van der Waals surface area contributed by atoms with Crippen LogP contribution in [0.2, 0.25) is 34.8 Å². The van der Waals surface area contributed by atoms with Crippen molar-refractivity contribution in [1.82, 2.24) is 0 Å². The summed E-state index contributed by atoms with van der Waals surface area (Å²) in [6.45, 7) is 20.7. The fourth-order valence-corrected chi connectivity index (χ4v) is 14.7. The van der Waals surface area contributed by atoms with Gasteiger partial charge in [-0.3, -0.25) is 0 Å². The molecule has 0 aromatic carbocycles. The fourth-order valence-electron chi connectivity index (χ4n) is 4.89. The van der Waals surface area contributed by atoms with Gasteiger partial charge in [0.25, 0.3) is 0 Å². The first-order chi connectivity index (χ1) is 12.6. The standard InChI is InChI=1S/C13H30OSi.C10H24OSi/c1-5-8-11-15(14-4,12-9-6-2)13-10-7-3;1-8(2)12(11-7,9(3)4)10(5)6/h5-13H2,1-4H3;8-10H,1-7H3. The van der Waals surface area contributed by atoms with Gasteiger partial charge >= 0.3 is 0 Å². The molecule has 2 nitrogen and oxygen atoms in total. The molecule has 0 rings (SSSR count). The average molecular weight is 419 g/mol. The maximum absolute atomic E-state index is 5.98. The lowest BCUT2D eigenvalue weighted by molar-refractivity contribution is 0.360. The second kappa shape index (κ2) is 16.2. The van der Waals surface area contributed by atoms with Crippen LogP contribution in [0.1, 0.15) is 101 Å². The summed E-state index contributed by atoms with van der Waals surface area (Å²) in [4.78, 5) is 0. The molecule has 0 aromatic rings. The molecule has 0 saturated heterocycles. The molecule has 0 aliphatic carbocycles. The Morgan fingerprint density at radius 2 is 0.852 bits per heavy atom. The summed E-state index contributed by atoms with van der Waals surface area (Å²) in [6, 6.07) is 4.17. The van der Waals surface area contributed by atoms with Crippen molar-refractivity contribution in [3.05, 3.63) is 0 Å². The molecule has 0 heterocycles. The van der Waals surface area contributed by atoms with Crippen molar-refractivity contribution in [1.29, 1.82) is 0 Å². The minimum atomic E-state index is -1.50. The van der Waals surface area contributed by atoms with Gasteiger partial charge in [0.2, 0.25) is 0 Å². The molecule has 0 bridgehead atoms. The molecule has 0 amide bonds. The summed E-state index contributed by atoms with van der Waals surface area (Å²) in [5.41, 5.74) is 2.13. The quantitative estimate of drug-likeness (QED) is 0.262. The predicted molar refractivity (Wildman–Crippen MR) is 130 cm³/mol. The molecule has 0 fully saturated rings. The molecule has 0 unspecified atom stereocenters. The monoisotopic (exact) mass is 418 g/mol. The smallest absolute Gasteiger partial charge is 0.199 e. The third kappa shape index (κ3) is 10.1. The van der Waals surface area contributed by atoms with Crippen LogP contribution in [0.25, 0.3) is 0 Å². The molecule has 0 saturated carbocycles. The molecule has 0 atom stereocenters. The van der Waals surface area contributed by atoms with Crippen molar-refractivity contribution >= 4 is 16.6 Å². The van der Waals surface area contributed by atoms with Gasteiger partial charge in [-0.15, -0.1) is 0 Å². The Kier molecular flexibility index (Phi) is 17.7. The van der Waals surface area contributed by atoms with Crippen LogP contribution in [0.5, 0.6) is 0 Å². The zero-order valence-corrected chi connectivity index (χ0v) is 22.9. The van der Waals surface area contributed by atoms with E-state index in [0.717, 1.165) is 0 Å². The van der Waals surface area contributed by atoms with Crippen LogP contribution in [0.4, 0.5) is 0 Å². The van der Waals surface area contributed by atoms with E-state index in [-0.39, 0.29) is 0 Å². The summed E-state index contributed by atoms with van der Waals surface area (Å²) in [5.74, 6) is 0. The number of hydrogen-bond acceptors (Lipinski definition) is 2. The molecule has 0 aliphatic heterocycles. The minimum absolute atomic E-state index is 0.711. The Labute approximate surface area is 175 Å². The molecule has 0 N–H and O–H groups in total. The molecule has 0 spiro atoms. The van der Waals surface area contributed by atoms with Crippen LogP contribution >= 0.6 is 0 Å². The van der Waals surface area contributed by atoms with E-state index in [1.165, 1.54) is 56.7 Å². The second-order valence-electron chi connectivity index (χ2n) is 9.22. The van der Waals surface area contributed by atoms with Gasteiger partial charge < -0.3 is 8.85 Å². The first-order valence-electron chi connectivity index (χ1n) is 11.7. The highest BCUT2D eigenvalue weighted by Crippen LogP contribution is 2.41. The SMILES string of the molecule is CCCC[Si](CCCC)(CCCC)OC.CO[Si](C(C)C)(C(C)C)C(C)C. The van der Waals surface area contributed by atoms with Gasteiger partial charge in [-0.25, -0.2) is 0 Å². The first-order valence-corrected chi connectivity index (χ1v) is 16.4. The highest BCUT2D eigenvalue weighted by atomic mass is 28.4. The van der Waals surface area contributed by atoms with E-state index >= 15 is 0 Å². The lowest BCUT2D eigenvalue weighted by Gasteiger charge is -2.40. The van der Waals surface area contributed by atoms with Gasteiger partial charge in [0, 0.05) is 14.2 Å². The average Bonchev–Trinajstić information content (AvgIpc) is 2.62. The number of hydrogen-bond donors (Lipinski definition) is 0. The molecular weight excluding hydrogens is 364 g/mol. The van der Waals surface area contributed by atoms with Gasteiger partial charge in [-0.1, -0.05) is 101 Å². The number of rotatable bonds is 14. The van der Waals surface area contributed by atoms with Gasteiger partial charge in [0.1, 0.15) is 0 Å². The van der Waals surface area contributed by atoms with E-state index in [1.54, 1.807) is 0 Å². The van der Waals surface area contributed by atoms with Crippen LogP contribution < -0.4 is 0 Å². The Morgan fingerprint density at radius 1 is 0.556 bits per heavy atom. The van der Waals surface area contributed by atoms with Crippen molar-refractivity contribution < 1.29 is 8.85 Å². The van der Waals surface area contributed by atoms with Gasteiger partial charge in [0.15, 0.2) is 16.6 Å². The van der Waals surface area contributed by atoms with Gasteiger partial charge in [0.05, 0.1) is 0 Å². The topological polar surface area (TPSA) is 18.5 Å². The van der Waals surface area contributed by atoms with E-state index < -0.39 is 16.6 Å². The molecule has 0 aliphatic rings. The highest BCUT2D eigenvalue weighted by Gasteiger charge is 2.43. The molecule has 0 aromatic heterocycles. The Morgan fingerprint density at radius 3 is 0.963 bits per heavy atom. The summed E-state index contributed by atoms with van der Waals surface area (Å²) < 4.78 is 11.8. The van der Waals surface area contributed by atoms with Crippen LogP contribution in [-0.4, -0.2) is 30.9 Å². The molecule has 0 radical (unpaired) electrons. The Hall–Kier alpha value is 0.354. The van der Waals surface area contributed by atoms with Crippen molar-refractivity contribution in [2.24, 2.45) is 0 Å². The molecule has 4 heteroatoms. The normalized spacial score (nSPS) is 12.7. The summed E-state index contributed by atoms with van der Waals surface area (Å²) in [7, 11) is 1.03. The van der Waals surface area contributed by atoms with Crippen molar-refractivity contribution in [3.8, 4) is 0 Å². The third-order valence-corrected chi connectivity index (χ3v) is 17.2. The van der Waals surface area contributed by atoms with Crippen molar-refractivity contribution in [2.45, 2.75) is 136 Å². The van der Waals surface area contributed by atoms with E-state index in [0.29, 0.717) is 16.6 Å². The molecule has 166 valence electrons. The lowest BCUT2D eigenvalue weighted by Crippen LogP contribution is -2.46. The summed E-state index contributed by atoms with van der Waals surface area (Å²) in [5, 5.41) is 0. The Balaban J connectivity index is 0. The maximum atomic E-state index is 5.98. The lowest BCUT2D eigenvalue weighted by atomic mass is 10.4. The summed E-state index contributed by atoms with van der Waals surface area (Å²) >= 11 is 0. The largest absolute Gasteiger partial charge is 0.420 e. The van der Waals surface area contributed by atoms with E-state index in [1.807, 2.05) is 14.2 Å². The first kappa shape index (κ1) is 29.6. The van der Waals surface area contributed by atoms with Gasteiger partial charge in [-0.2, -0.15) is 0 Å². The maximum Gasteiger partial charge on any atom is 0.199 e. The van der Waals surface area contributed by atoms with Crippen LogP contribution in [-0.2, 0) is 8.85 Å². The van der Waals surface area contributed by atoms with E-state index in [2.05, 4.69) is 62.3 Å². The molecular formula is C23H54O2Si2. The van der Waals surface area contributed by atoms with Crippen molar-refractivity contribution in [3.63, 3.8) is 0 Å². The van der Waals surface area contributed by atoms with Gasteiger partial charge in [-0.05, 0) is 34.8 Å². The van der Waals surface area contributed by atoms with Crippen LogP contribution in [0, 0.1) is 0 Å². The highest BCUT2D eigenvalue weighted by molar-refractivity contribution is 6.77. The molecule has 27 heavy (non-hydrogen) atoms. The summed E-state index contributed by atoms with van der Waals surface area (Å²) in [6.07, 6.45) is 8.05. The van der Waals surface area contributed by atoms with Crippen LogP contribution in [0.15, 0.2) is 0 Å². The van der Waals surface area contributed by atoms with E-state index in [4.69, 9.17) is 8.85 Å². The van der Waals surface area contributed by atoms with Crippen LogP contribution in [0.3, 0.4) is 0 Å². The predicted octanol–water partition coefficient (Wildman–Crippen LogP) is 8.79. The van der Waals surface area contributed by atoms with E-state index in [9.17, 15) is 0 Å². The van der Waals surface area contributed by atoms with Crippen molar-refractivity contribution in [2.75, 3.05) is 14.2 Å². The fraction of sp³-hybridized carbons (Fsp3) is 1.00.